The number of aryl methyl sites for hydroxylation is 1. The Kier molecular flexibility index (Phi) is 3.69. The van der Waals surface area contributed by atoms with Crippen LogP contribution in [0.5, 0.6) is 0 Å². The number of hydrogen-bond acceptors (Lipinski definition) is 3. The van der Waals surface area contributed by atoms with Crippen molar-refractivity contribution in [3.63, 3.8) is 0 Å². The van der Waals surface area contributed by atoms with E-state index in [0.717, 1.165) is 13.1 Å². The largest absolute Gasteiger partial charge is 0.313 e. The van der Waals surface area contributed by atoms with Crippen LogP contribution >= 0.6 is 0 Å². The van der Waals surface area contributed by atoms with Crippen LogP contribution < -0.4 is 10.6 Å². The molecule has 15 heavy (non-hydrogen) atoms. The molecule has 2 heterocycles. The standard InChI is InChI=1S/C12H19N3/c1-10-7-13-6-4-11(10)8-14-9-12-3-2-5-15-12/h4,6-7,12,14-15H,2-3,5,8-9H2,1H3. The average Bonchev–Trinajstić information content (AvgIpc) is 2.74. The normalized spacial score (nSPS) is 20.7. The van der Waals surface area contributed by atoms with Gasteiger partial charge in [-0.15, -0.1) is 0 Å². The summed E-state index contributed by atoms with van der Waals surface area (Å²) in [6, 6.07) is 2.76. The van der Waals surface area contributed by atoms with Crippen LogP contribution in [-0.2, 0) is 6.54 Å². The molecule has 1 saturated heterocycles. The first-order valence-corrected chi connectivity index (χ1v) is 5.70. The van der Waals surface area contributed by atoms with Crippen molar-refractivity contribution >= 4 is 0 Å². The summed E-state index contributed by atoms with van der Waals surface area (Å²) in [5.41, 5.74) is 2.62. The van der Waals surface area contributed by atoms with E-state index in [2.05, 4.69) is 28.6 Å². The van der Waals surface area contributed by atoms with E-state index in [4.69, 9.17) is 0 Å². The lowest BCUT2D eigenvalue weighted by atomic mass is 10.1. The number of pyridine rings is 1. The summed E-state index contributed by atoms with van der Waals surface area (Å²) in [6.45, 7) is 5.31. The van der Waals surface area contributed by atoms with Crippen LogP contribution in [0.15, 0.2) is 18.5 Å². The smallest absolute Gasteiger partial charge is 0.0300 e. The summed E-state index contributed by atoms with van der Waals surface area (Å²) in [7, 11) is 0. The second-order valence-corrected chi connectivity index (χ2v) is 4.23. The van der Waals surface area contributed by atoms with E-state index < -0.39 is 0 Å². The Labute approximate surface area is 91.3 Å². The van der Waals surface area contributed by atoms with E-state index in [1.807, 2.05) is 12.4 Å². The van der Waals surface area contributed by atoms with Gasteiger partial charge in [-0.25, -0.2) is 0 Å². The summed E-state index contributed by atoms with van der Waals surface area (Å²) in [5.74, 6) is 0. The molecule has 0 bridgehead atoms. The van der Waals surface area contributed by atoms with Gasteiger partial charge in [0.25, 0.3) is 0 Å². The molecule has 1 aliphatic heterocycles. The molecule has 0 aromatic carbocycles. The van der Waals surface area contributed by atoms with E-state index >= 15 is 0 Å². The first-order chi connectivity index (χ1) is 7.36. The first kappa shape index (κ1) is 10.6. The highest BCUT2D eigenvalue weighted by atomic mass is 15.0. The van der Waals surface area contributed by atoms with Crippen LogP contribution in [0.1, 0.15) is 24.0 Å². The lowest BCUT2D eigenvalue weighted by molar-refractivity contribution is 0.535. The number of nitrogens with zero attached hydrogens (tertiary/aromatic N) is 1. The Bertz CT molecular complexity index is 305. The third kappa shape index (κ3) is 3.01. The molecule has 0 radical (unpaired) electrons. The Balaban J connectivity index is 1.75. The Hall–Kier alpha value is -0.930. The molecule has 0 saturated carbocycles. The minimum atomic E-state index is 0.673. The minimum absolute atomic E-state index is 0.673. The molecule has 2 N–H and O–H groups in total. The van der Waals surface area contributed by atoms with Gasteiger partial charge in [-0.1, -0.05) is 0 Å². The van der Waals surface area contributed by atoms with E-state index in [1.165, 1.54) is 30.5 Å². The second kappa shape index (κ2) is 5.24. The van der Waals surface area contributed by atoms with E-state index in [9.17, 15) is 0 Å². The predicted molar refractivity (Wildman–Crippen MR) is 61.7 cm³/mol. The van der Waals surface area contributed by atoms with E-state index in [1.54, 1.807) is 0 Å². The molecule has 1 aliphatic rings. The zero-order valence-electron chi connectivity index (χ0n) is 9.29. The Morgan fingerprint density at radius 1 is 1.60 bits per heavy atom. The summed E-state index contributed by atoms with van der Waals surface area (Å²) in [6.07, 6.45) is 6.41. The molecule has 3 nitrogen and oxygen atoms in total. The minimum Gasteiger partial charge on any atom is -0.313 e. The molecule has 1 atom stereocenters. The number of aromatic nitrogens is 1. The van der Waals surface area contributed by atoms with Crippen LogP contribution in [0.3, 0.4) is 0 Å². The van der Waals surface area contributed by atoms with E-state index in [0.29, 0.717) is 6.04 Å². The van der Waals surface area contributed by atoms with Gasteiger partial charge in [0, 0.05) is 31.5 Å². The van der Waals surface area contributed by atoms with Crippen molar-refractivity contribution < 1.29 is 0 Å². The van der Waals surface area contributed by atoms with Gasteiger partial charge in [-0.05, 0) is 43.5 Å². The highest BCUT2D eigenvalue weighted by Gasteiger charge is 2.12. The molecule has 1 aromatic rings. The van der Waals surface area contributed by atoms with Gasteiger partial charge in [0.1, 0.15) is 0 Å². The molecule has 82 valence electrons. The lowest BCUT2D eigenvalue weighted by Crippen LogP contribution is -2.33. The highest BCUT2D eigenvalue weighted by molar-refractivity contribution is 5.21. The quantitative estimate of drug-likeness (QED) is 0.776. The number of nitrogens with one attached hydrogen (secondary N) is 2. The fraction of sp³-hybridized carbons (Fsp3) is 0.583. The van der Waals surface area contributed by atoms with Crippen LogP contribution in [0.2, 0.25) is 0 Å². The van der Waals surface area contributed by atoms with Gasteiger partial charge in [0.15, 0.2) is 0 Å². The van der Waals surface area contributed by atoms with Crippen molar-refractivity contribution in [1.82, 2.24) is 15.6 Å². The number of rotatable bonds is 4. The number of hydrogen-bond donors (Lipinski definition) is 2. The Morgan fingerprint density at radius 3 is 3.27 bits per heavy atom. The van der Waals surface area contributed by atoms with Gasteiger partial charge in [0.05, 0.1) is 0 Å². The summed E-state index contributed by atoms with van der Waals surface area (Å²) in [5, 5.41) is 6.98. The maximum Gasteiger partial charge on any atom is 0.0300 e. The lowest BCUT2D eigenvalue weighted by Gasteiger charge is -2.12. The fourth-order valence-electron chi connectivity index (χ4n) is 2.01. The molecular formula is C12H19N3. The molecule has 1 unspecified atom stereocenters. The molecule has 0 amide bonds. The molecular weight excluding hydrogens is 186 g/mol. The van der Waals surface area contributed by atoms with Gasteiger partial charge >= 0.3 is 0 Å². The van der Waals surface area contributed by atoms with E-state index in [-0.39, 0.29) is 0 Å². The second-order valence-electron chi connectivity index (χ2n) is 4.23. The molecule has 2 rings (SSSR count). The molecule has 1 fully saturated rings. The topological polar surface area (TPSA) is 37.0 Å². The first-order valence-electron chi connectivity index (χ1n) is 5.70. The fourth-order valence-corrected chi connectivity index (χ4v) is 2.01. The third-order valence-electron chi connectivity index (χ3n) is 3.01. The van der Waals surface area contributed by atoms with Crippen molar-refractivity contribution in [2.75, 3.05) is 13.1 Å². The van der Waals surface area contributed by atoms with Crippen LogP contribution in [0.25, 0.3) is 0 Å². The summed E-state index contributed by atoms with van der Waals surface area (Å²) in [4.78, 5) is 4.09. The average molecular weight is 205 g/mol. The zero-order chi connectivity index (χ0) is 10.5. The SMILES string of the molecule is Cc1cnccc1CNCC1CCCN1. The highest BCUT2D eigenvalue weighted by Crippen LogP contribution is 2.06. The monoisotopic (exact) mass is 205 g/mol. The van der Waals surface area contributed by atoms with Gasteiger partial charge in [-0.3, -0.25) is 4.98 Å². The summed E-state index contributed by atoms with van der Waals surface area (Å²) >= 11 is 0. The van der Waals surface area contributed by atoms with Crippen LogP contribution in [0, 0.1) is 6.92 Å². The van der Waals surface area contributed by atoms with Crippen molar-refractivity contribution in [1.29, 1.82) is 0 Å². The summed E-state index contributed by atoms with van der Waals surface area (Å²) < 4.78 is 0. The van der Waals surface area contributed by atoms with Gasteiger partial charge < -0.3 is 10.6 Å². The van der Waals surface area contributed by atoms with Crippen LogP contribution in [-0.4, -0.2) is 24.1 Å². The Morgan fingerprint density at radius 2 is 2.53 bits per heavy atom. The molecule has 1 aromatic heterocycles. The molecule has 0 spiro atoms. The van der Waals surface area contributed by atoms with Crippen molar-refractivity contribution in [3.05, 3.63) is 29.6 Å². The maximum atomic E-state index is 4.09. The zero-order valence-corrected chi connectivity index (χ0v) is 9.29. The van der Waals surface area contributed by atoms with Gasteiger partial charge in [-0.2, -0.15) is 0 Å². The third-order valence-corrected chi connectivity index (χ3v) is 3.01. The van der Waals surface area contributed by atoms with Gasteiger partial charge in [0.2, 0.25) is 0 Å². The van der Waals surface area contributed by atoms with Crippen molar-refractivity contribution in [3.8, 4) is 0 Å². The predicted octanol–water partition coefficient (Wildman–Crippen LogP) is 1.23. The van der Waals surface area contributed by atoms with Crippen molar-refractivity contribution in [2.24, 2.45) is 0 Å². The molecule has 3 heteroatoms. The van der Waals surface area contributed by atoms with Crippen LogP contribution in [0.4, 0.5) is 0 Å². The molecule has 0 aliphatic carbocycles. The maximum absolute atomic E-state index is 4.09. The van der Waals surface area contributed by atoms with Crippen molar-refractivity contribution in [2.45, 2.75) is 32.4 Å².